The van der Waals surface area contributed by atoms with E-state index < -0.39 is 15.9 Å². The third kappa shape index (κ3) is 17.2. The Bertz CT molecular complexity index is 213. The summed E-state index contributed by atoms with van der Waals surface area (Å²) in [5.41, 5.74) is 0. The third-order valence-corrected chi connectivity index (χ3v) is 1.43. The van der Waals surface area contributed by atoms with Crippen molar-refractivity contribution in [3.05, 3.63) is 0 Å². The van der Waals surface area contributed by atoms with Gasteiger partial charge in [-0.3, -0.25) is 4.79 Å². The normalized spacial score (nSPS) is 9.17. The average Bonchev–Trinajstić information content (AvgIpc) is 1.59. The summed E-state index contributed by atoms with van der Waals surface area (Å²) < 4.78 is 29.7. The molecule has 3 N–H and O–H groups in total. The molecule has 6 nitrogen and oxygen atoms in total. The van der Waals surface area contributed by atoms with Gasteiger partial charge in [0.2, 0.25) is 5.91 Å². The molecule has 0 saturated carbocycles. The Kier molecular flexibility index (Phi) is 13.4. The number of rotatable bonds is 3. The zero-order valence-electron chi connectivity index (χ0n) is 6.96. The van der Waals surface area contributed by atoms with E-state index in [1.165, 1.54) is 6.92 Å². The molecule has 0 atom stereocenters. The van der Waals surface area contributed by atoms with Gasteiger partial charge < -0.3 is 15.3 Å². The molecule has 0 aromatic carbocycles. The van der Waals surface area contributed by atoms with Gasteiger partial charge in [-0.05, 0) is 0 Å². The minimum absolute atomic E-state index is 0. The maximum absolute atomic E-state index is 10.1. The van der Waals surface area contributed by atoms with E-state index in [4.69, 9.17) is 0 Å². The zero-order valence-corrected chi connectivity index (χ0v) is 10.9. The first-order chi connectivity index (χ1) is 4.42. The van der Waals surface area contributed by atoms with E-state index in [0.29, 0.717) is 0 Å². The number of carbonyl (C=O) groups excluding carboxylic acids is 1. The Labute approximate surface area is 114 Å². The van der Waals surface area contributed by atoms with Gasteiger partial charge in [-0.1, -0.05) is 0 Å². The molecule has 0 heterocycles. The van der Waals surface area contributed by atoms with Crippen molar-refractivity contribution in [1.29, 1.82) is 0 Å². The molecule has 0 bridgehead atoms. The maximum atomic E-state index is 10.1. The first-order valence-electron chi connectivity index (χ1n) is 2.60. The second-order valence-corrected chi connectivity index (χ2v) is 3.27. The van der Waals surface area contributed by atoms with Gasteiger partial charge in [0.25, 0.3) is 0 Å². The number of hydrogen-bond acceptors (Lipinski definition) is 4. The second-order valence-electron chi connectivity index (χ2n) is 1.74. The van der Waals surface area contributed by atoms with E-state index in [1.807, 2.05) is 0 Å². The number of nitrogens with one attached hydrogen (secondary N) is 1. The summed E-state index contributed by atoms with van der Waals surface area (Å²) in [6, 6.07) is 0. The van der Waals surface area contributed by atoms with Crippen LogP contribution in [-0.2, 0) is 14.9 Å². The molecule has 0 aromatic heterocycles. The fourth-order valence-electron chi connectivity index (χ4n) is 0.352. The van der Waals surface area contributed by atoms with E-state index in [2.05, 4.69) is 5.32 Å². The molecule has 0 saturated heterocycles. The van der Waals surface area contributed by atoms with Crippen LogP contribution >= 0.6 is 0 Å². The number of carbonyl (C=O) groups is 1. The van der Waals surface area contributed by atoms with Crippen molar-refractivity contribution < 1.29 is 74.6 Å². The predicted octanol–water partition coefficient (Wildman–Crippen LogP) is -5.15. The van der Waals surface area contributed by atoms with Gasteiger partial charge >= 0.3 is 51.4 Å². The Morgan fingerprint density at radius 3 is 2.17 bits per heavy atom. The largest absolute Gasteiger partial charge is 1.00 e. The van der Waals surface area contributed by atoms with Crippen molar-refractivity contribution in [1.82, 2.24) is 5.32 Å². The molecule has 0 aliphatic rings. The Hall–Kier alpha value is 0.976. The van der Waals surface area contributed by atoms with Crippen molar-refractivity contribution in [2.75, 3.05) is 12.3 Å². The molecule has 0 aliphatic heterocycles. The van der Waals surface area contributed by atoms with Gasteiger partial charge in [-0.25, -0.2) is 8.42 Å². The smallest absolute Gasteiger partial charge is 0.748 e. The van der Waals surface area contributed by atoms with E-state index in [9.17, 15) is 17.8 Å². The molecule has 0 fully saturated rings. The van der Waals surface area contributed by atoms with Crippen LogP contribution < -0.4 is 56.7 Å². The average molecular weight is 223 g/mol. The first kappa shape index (κ1) is 18.7. The number of hydrogen-bond donors (Lipinski definition) is 1. The molecule has 0 aromatic rings. The van der Waals surface area contributed by atoms with Crippen molar-refractivity contribution in [3.8, 4) is 0 Å². The van der Waals surface area contributed by atoms with Gasteiger partial charge in [0, 0.05) is 13.5 Å². The molecule has 0 unspecified atom stereocenters. The summed E-state index contributed by atoms with van der Waals surface area (Å²) in [5, 5.41) is 2.18. The van der Waals surface area contributed by atoms with E-state index in [0.717, 1.165) is 0 Å². The Morgan fingerprint density at radius 1 is 1.50 bits per heavy atom. The van der Waals surface area contributed by atoms with Crippen LogP contribution in [0, 0.1) is 0 Å². The second kappa shape index (κ2) is 8.57. The Morgan fingerprint density at radius 2 is 1.92 bits per heavy atom. The van der Waals surface area contributed by atoms with E-state index >= 15 is 0 Å². The molecule has 12 heavy (non-hydrogen) atoms. The summed E-state index contributed by atoms with van der Waals surface area (Å²) >= 11 is 0. The summed E-state index contributed by atoms with van der Waals surface area (Å²) in [6.45, 7) is 1.14. The third-order valence-electron chi connectivity index (χ3n) is 0.726. The molecular formula is C4H10KNO5S. The molecule has 0 rings (SSSR count). The minimum atomic E-state index is -4.18. The summed E-state index contributed by atoms with van der Waals surface area (Å²) in [7, 11) is -4.18. The van der Waals surface area contributed by atoms with Crippen molar-refractivity contribution in [2.45, 2.75) is 6.92 Å². The zero-order chi connectivity index (χ0) is 8.20. The van der Waals surface area contributed by atoms with Crippen LogP contribution in [0.5, 0.6) is 0 Å². The van der Waals surface area contributed by atoms with Crippen LogP contribution in [0.25, 0.3) is 0 Å². The van der Waals surface area contributed by atoms with E-state index in [-0.39, 0.29) is 69.3 Å². The molecular weight excluding hydrogens is 213 g/mol. The first-order valence-corrected chi connectivity index (χ1v) is 4.17. The van der Waals surface area contributed by atoms with Gasteiger partial charge in [-0.2, -0.15) is 0 Å². The van der Waals surface area contributed by atoms with Crippen LogP contribution in [-0.4, -0.2) is 36.7 Å². The topological polar surface area (TPSA) is 118 Å². The Balaban J connectivity index is -0.000000405. The van der Waals surface area contributed by atoms with Crippen LogP contribution in [0.4, 0.5) is 0 Å². The van der Waals surface area contributed by atoms with Crippen LogP contribution in [0.2, 0.25) is 0 Å². The summed E-state index contributed by atoms with van der Waals surface area (Å²) in [4.78, 5) is 10.1. The molecule has 8 heteroatoms. The number of amides is 1. The van der Waals surface area contributed by atoms with Crippen molar-refractivity contribution >= 4 is 16.0 Å². The van der Waals surface area contributed by atoms with Crippen molar-refractivity contribution in [3.63, 3.8) is 0 Å². The van der Waals surface area contributed by atoms with Crippen LogP contribution in [0.15, 0.2) is 0 Å². The quantitative estimate of drug-likeness (QED) is 0.380. The van der Waals surface area contributed by atoms with Crippen LogP contribution in [0.1, 0.15) is 6.92 Å². The molecule has 1 amide bonds. The van der Waals surface area contributed by atoms with Crippen molar-refractivity contribution in [2.24, 2.45) is 0 Å². The fourth-order valence-corrected chi connectivity index (χ4v) is 0.704. The molecule has 0 spiro atoms. The maximum Gasteiger partial charge on any atom is 1.00 e. The fraction of sp³-hybridized carbons (Fsp3) is 0.750. The van der Waals surface area contributed by atoms with Gasteiger partial charge in [0.15, 0.2) is 0 Å². The van der Waals surface area contributed by atoms with Gasteiger partial charge in [0.05, 0.1) is 15.9 Å². The minimum Gasteiger partial charge on any atom is -0.748 e. The predicted molar refractivity (Wildman–Crippen MR) is 36.9 cm³/mol. The SMILES string of the molecule is CC(=O)NCCS(=O)(=O)[O-].O.[K+]. The monoisotopic (exact) mass is 223 g/mol. The molecule has 68 valence electrons. The molecule has 0 radical (unpaired) electrons. The van der Waals surface area contributed by atoms with Crippen LogP contribution in [0.3, 0.4) is 0 Å². The molecule has 0 aliphatic carbocycles. The summed E-state index contributed by atoms with van der Waals surface area (Å²) in [5.74, 6) is -0.893. The van der Waals surface area contributed by atoms with Gasteiger partial charge in [0.1, 0.15) is 0 Å². The van der Waals surface area contributed by atoms with Gasteiger partial charge in [-0.15, -0.1) is 0 Å². The van der Waals surface area contributed by atoms with E-state index in [1.54, 1.807) is 0 Å². The standard InChI is InChI=1S/C4H9NO4S.K.H2O/c1-4(6)5-2-3-10(7,8)9;;/h2-3H2,1H3,(H,5,6)(H,7,8,9);;1H2/q;+1;/p-1. The summed E-state index contributed by atoms with van der Waals surface area (Å²) in [6.07, 6.45) is 0.